The molecule has 5 aromatic rings. The van der Waals surface area contributed by atoms with Crippen molar-refractivity contribution in [3.63, 3.8) is 0 Å². The molecule has 34 heavy (non-hydrogen) atoms. The minimum absolute atomic E-state index is 0.127. The number of nitrogens with zero attached hydrogens (tertiary/aromatic N) is 5. The van der Waals surface area contributed by atoms with Crippen LogP contribution >= 0.6 is 0 Å². The van der Waals surface area contributed by atoms with Gasteiger partial charge in [-0.05, 0) is 24.3 Å². The van der Waals surface area contributed by atoms with E-state index in [0.29, 0.717) is 33.9 Å². The fraction of sp³-hybridized carbons (Fsp3) is 0.160. The van der Waals surface area contributed by atoms with E-state index in [2.05, 4.69) is 29.9 Å². The van der Waals surface area contributed by atoms with Crippen LogP contribution in [0.5, 0.6) is 11.6 Å². The topological polar surface area (TPSA) is 89.5 Å². The SMILES string of the molecule is CC(C)(c1nc2nccnc2[nH]1)C1c2ccc(-c3ccc(F)nc3)nc2Oc2c(F)cccc21. The molecule has 0 amide bonds. The van der Waals surface area contributed by atoms with Crippen LogP contribution in [0.2, 0.25) is 0 Å². The highest BCUT2D eigenvalue weighted by Crippen LogP contribution is 2.52. The molecule has 0 bridgehead atoms. The van der Waals surface area contributed by atoms with Gasteiger partial charge in [-0.2, -0.15) is 4.39 Å². The molecule has 6 rings (SSSR count). The number of halogens is 2. The third-order valence-electron chi connectivity index (χ3n) is 6.20. The number of aromatic amines is 1. The molecule has 7 nitrogen and oxygen atoms in total. The van der Waals surface area contributed by atoms with Gasteiger partial charge >= 0.3 is 0 Å². The summed E-state index contributed by atoms with van der Waals surface area (Å²) in [6.45, 7) is 4.05. The van der Waals surface area contributed by atoms with E-state index in [4.69, 9.17) is 4.74 Å². The molecule has 0 saturated heterocycles. The molecule has 1 N–H and O–H groups in total. The molecule has 168 valence electrons. The molecule has 0 fully saturated rings. The van der Waals surface area contributed by atoms with Gasteiger partial charge in [0.2, 0.25) is 11.8 Å². The minimum Gasteiger partial charge on any atom is -0.435 e. The highest BCUT2D eigenvalue weighted by atomic mass is 19.1. The molecule has 1 aliphatic heterocycles. The summed E-state index contributed by atoms with van der Waals surface area (Å²) in [4.78, 5) is 24.9. The molecule has 1 aromatic carbocycles. The van der Waals surface area contributed by atoms with Gasteiger partial charge in [-0.15, -0.1) is 0 Å². The zero-order valence-corrected chi connectivity index (χ0v) is 18.3. The van der Waals surface area contributed by atoms with Crippen LogP contribution < -0.4 is 4.74 Å². The van der Waals surface area contributed by atoms with Crippen molar-refractivity contribution >= 4 is 11.3 Å². The molecular formula is C25H18F2N6O. The predicted molar refractivity (Wildman–Crippen MR) is 120 cm³/mol. The Bertz CT molecular complexity index is 1510. The van der Waals surface area contributed by atoms with Crippen molar-refractivity contribution in [3.8, 4) is 22.9 Å². The molecule has 9 heteroatoms. The molecule has 0 saturated carbocycles. The Balaban J connectivity index is 1.53. The van der Waals surface area contributed by atoms with Crippen molar-refractivity contribution in [2.24, 2.45) is 0 Å². The molecule has 0 aliphatic carbocycles. The maximum atomic E-state index is 14.9. The lowest BCUT2D eigenvalue weighted by Gasteiger charge is -2.37. The van der Waals surface area contributed by atoms with Gasteiger partial charge in [-0.3, -0.25) is 0 Å². The van der Waals surface area contributed by atoms with Crippen molar-refractivity contribution in [3.05, 3.63) is 89.8 Å². The summed E-state index contributed by atoms with van der Waals surface area (Å²) >= 11 is 0. The number of aromatic nitrogens is 6. The van der Waals surface area contributed by atoms with E-state index < -0.39 is 17.2 Å². The summed E-state index contributed by atoms with van der Waals surface area (Å²) in [6.07, 6.45) is 4.59. The Morgan fingerprint density at radius 3 is 2.56 bits per heavy atom. The van der Waals surface area contributed by atoms with Crippen LogP contribution in [-0.2, 0) is 5.41 Å². The van der Waals surface area contributed by atoms with E-state index >= 15 is 0 Å². The number of hydrogen-bond acceptors (Lipinski definition) is 6. The van der Waals surface area contributed by atoms with E-state index in [1.807, 2.05) is 32.0 Å². The van der Waals surface area contributed by atoms with Gasteiger partial charge in [-0.25, -0.2) is 29.3 Å². The average molecular weight is 456 g/mol. The first kappa shape index (κ1) is 20.3. The maximum absolute atomic E-state index is 14.9. The lowest BCUT2D eigenvalue weighted by atomic mass is 9.69. The molecular weight excluding hydrogens is 438 g/mol. The minimum atomic E-state index is -0.635. The van der Waals surface area contributed by atoms with Crippen LogP contribution in [0.4, 0.5) is 8.78 Å². The highest BCUT2D eigenvalue weighted by Gasteiger charge is 2.43. The first-order valence-electron chi connectivity index (χ1n) is 10.7. The Hall–Kier alpha value is -4.27. The maximum Gasteiger partial charge on any atom is 0.223 e. The van der Waals surface area contributed by atoms with Crippen LogP contribution in [0.15, 0.2) is 61.1 Å². The van der Waals surface area contributed by atoms with Gasteiger partial charge in [0, 0.05) is 46.6 Å². The first-order valence-corrected chi connectivity index (χ1v) is 10.7. The van der Waals surface area contributed by atoms with Crippen LogP contribution in [0.25, 0.3) is 22.6 Å². The highest BCUT2D eigenvalue weighted by molar-refractivity contribution is 5.66. The number of ether oxygens (including phenoxy) is 1. The van der Waals surface area contributed by atoms with E-state index in [0.717, 1.165) is 5.56 Å². The second-order valence-electron chi connectivity index (χ2n) is 8.69. The van der Waals surface area contributed by atoms with Crippen LogP contribution in [0.1, 0.15) is 36.7 Å². The lowest BCUT2D eigenvalue weighted by molar-refractivity contribution is 0.353. The molecule has 1 unspecified atom stereocenters. The van der Waals surface area contributed by atoms with Gasteiger partial charge in [-0.1, -0.05) is 32.0 Å². The van der Waals surface area contributed by atoms with E-state index in [9.17, 15) is 8.78 Å². The number of imidazole rings is 1. The Kier molecular flexibility index (Phi) is 4.41. The van der Waals surface area contributed by atoms with Gasteiger partial charge in [0.15, 0.2) is 22.9 Å². The Labute approximate surface area is 192 Å². The number of pyridine rings is 2. The zero-order valence-electron chi connectivity index (χ0n) is 18.3. The van der Waals surface area contributed by atoms with Crippen molar-refractivity contribution in [1.29, 1.82) is 0 Å². The van der Waals surface area contributed by atoms with Gasteiger partial charge in [0.1, 0.15) is 5.82 Å². The van der Waals surface area contributed by atoms with Crippen LogP contribution in [0, 0.1) is 11.8 Å². The summed E-state index contributed by atoms with van der Waals surface area (Å²) in [5.74, 6) is -0.325. The number of H-pyrrole nitrogens is 1. The standard InChI is InChI=1S/C25H18F2N6O/c1-25(2,24-32-21-22(33-24)29-11-10-28-21)19-14-4-3-5-16(26)20(14)34-23-15(19)7-8-17(31-23)13-6-9-18(27)30-12-13/h3-12,19H,1-2H3,(H,28,29,32,33). The first-order chi connectivity index (χ1) is 16.4. The largest absolute Gasteiger partial charge is 0.435 e. The summed E-state index contributed by atoms with van der Waals surface area (Å²) in [5.41, 5.74) is 3.09. The lowest BCUT2D eigenvalue weighted by Crippen LogP contribution is -2.32. The monoisotopic (exact) mass is 456 g/mol. The van der Waals surface area contributed by atoms with Crippen molar-refractivity contribution < 1.29 is 13.5 Å². The number of benzene rings is 1. The fourth-order valence-electron chi connectivity index (χ4n) is 4.53. The van der Waals surface area contributed by atoms with E-state index in [-0.39, 0.29) is 17.5 Å². The number of para-hydroxylation sites is 1. The molecule has 0 spiro atoms. The van der Waals surface area contributed by atoms with Gasteiger partial charge in [0.25, 0.3) is 0 Å². The summed E-state index contributed by atoms with van der Waals surface area (Å²) in [6, 6.07) is 11.5. The molecule has 1 atom stereocenters. The number of fused-ring (bicyclic) bond motifs is 3. The second-order valence-corrected chi connectivity index (χ2v) is 8.69. The fourth-order valence-corrected chi connectivity index (χ4v) is 4.53. The quantitative estimate of drug-likeness (QED) is 0.371. The van der Waals surface area contributed by atoms with E-state index in [1.54, 1.807) is 24.5 Å². The summed E-state index contributed by atoms with van der Waals surface area (Å²) in [7, 11) is 0. The smallest absolute Gasteiger partial charge is 0.223 e. The van der Waals surface area contributed by atoms with Gasteiger partial charge in [0.05, 0.1) is 5.69 Å². The molecule has 0 radical (unpaired) electrons. The third kappa shape index (κ3) is 3.12. The number of nitrogens with one attached hydrogen (secondary N) is 1. The second kappa shape index (κ2) is 7.38. The third-order valence-corrected chi connectivity index (χ3v) is 6.20. The van der Waals surface area contributed by atoms with Crippen LogP contribution in [-0.4, -0.2) is 29.9 Å². The van der Waals surface area contributed by atoms with Crippen LogP contribution in [0.3, 0.4) is 0 Å². The Morgan fingerprint density at radius 2 is 1.76 bits per heavy atom. The molecule has 5 heterocycles. The van der Waals surface area contributed by atoms with Crippen molar-refractivity contribution in [2.45, 2.75) is 25.2 Å². The van der Waals surface area contributed by atoms with E-state index in [1.165, 1.54) is 18.3 Å². The summed E-state index contributed by atoms with van der Waals surface area (Å²) in [5, 5.41) is 0. The normalized spacial score (nSPS) is 15.0. The van der Waals surface area contributed by atoms with Crippen molar-refractivity contribution in [2.75, 3.05) is 0 Å². The van der Waals surface area contributed by atoms with Gasteiger partial charge < -0.3 is 9.72 Å². The Morgan fingerprint density at radius 1 is 0.912 bits per heavy atom. The number of rotatable bonds is 3. The van der Waals surface area contributed by atoms with Crippen molar-refractivity contribution in [1.82, 2.24) is 29.9 Å². The number of hydrogen-bond donors (Lipinski definition) is 1. The molecule has 1 aliphatic rings. The zero-order chi connectivity index (χ0) is 23.4. The average Bonchev–Trinajstić information content (AvgIpc) is 3.29. The molecule has 4 aromatic heterocycles. The summed E-state index contributed by atoms with van der Waals surface area (Å²) < 4.78 is 34.2. The predicted octanol–water partition coefficient (Wildman–Crippen LogP) is 5.30.